The summed E-state index contributed by atoms with van der Waals surface area (Å²) >= 11 is 0. The smallest absolute Gasteiger partial charge is 0.0963 e. The molecule has 1 aliphatic heterocycles. The first-order valence-electron chi connectivity index (χ1n) is 4.62. The highest BCUT2D eigenvalue weighted by molar-refractivity contribution is 4.90. The van der Waals surface area contributed by atoms with Gasteiger partial charge in [-0.25, -0.2) is 0 Å². The Morgan fingerprint density at radius 3 is 2.33 bits per heavy atom. The van der Waals surface area contributed by atoms with Gasteiger partial charge in [-0.2, -0.15) is 0 Å². The van der Waals surface area contributed by atoms with E-state index in [0.29, 0.717) is 12.5 Å². The van der Waals surface area contributed by atoms with Gasteiger partial charge in [0.05, 0.1) is 12.2 Å². The SMILES string of the molecule is CC(C)CN1CC(O)C(O)C1C. The lowest BCUT2D eigenvalue weighted by atomic mass is 10.1. The summed E-state index contributed by atoms with van der Waals surface area (Å²) < 4.78 is 0. The Bertz CT molecular complexity index is 147. The fourth-order valence-corrected chi connectivity index (χ4v) is 1.76. The van der Waals surface area contributed by atoms with Gasteiger partial charge in [0.1, 0.15) is 0 Å². The first kappa shape index (κ1) is 9.96. The predicted octanol–water partition coefficient (Wildman–Crippen LogP) is 0.0683. The Morgan fingerprint density at radius 2 is 2.00 bits per heavy atom. The van der Waals surface area contributed by atoms with Crippen LogP contribution >= 0.6 is 0 Å². The first-order chi connectivity index (χ1) is 5.52. The van der Waals surface area contributed by atoms with Crippen molar-refractivity contribution in [3.8, 4) is 0 Å². The molecule has 1 heterocycles. The number of aliphatic hydroxyl groups is 2. The van der Waals surface area contributed by atoms with Crippen LogP contribution in [0.2, 0.25) is 0 Å². The lowest BCUT2D eigenvalue weighted by molar-refractivity contribution is 0.0412. The van der Waals surface area contributed by atoms with Crippen molar-refractivity contribution in [2.45, 2.75) is 39.0 Å². The second-order valence-electron chi connectivity index (χ2n) is 4.15. The van der Waals surface area contributed by atoms with Gasteiger partial charge in [-0.1, -0.05) is 13.8 Å². The van der Waals surface area contributed by atoms with Gasteiger partial charge in [-0.05, 0) is 12.8 Å². The van der Waals surface area contributed by atoms with Crippen molar-refractivity contribution in [1.29, 1.82) is 0 Å². The zero-order chi connectivity index (χ0) is 9.30. The lowest BCUT2D eigenvalue weighted by Gasteiger charge is -2.23. The lowest BCUT2D eigenvalue weighted by Crippen LogP contribution is -2.35. The van der Waals surface area contributed by atoms with E-state index in [4.69, 9.17) is 0 Å². The minimum atomic E-state index is -0.566. The van der Waals surface area contributed by atoms with Gasteiger partial charge < -0.3 is 10.2 Å². The Morgan fingerprint density at radius 1 is 1.42 bits per heavy atom. The molecule has 72 valence electrons. The van der Waals surface area contributed by atoms with Crippen LogP contribution in [0, 0.1) is 5.92 Å². The molecule has 1 rings (SSSR count). The molecule has 3 heteroatoms. The highest BCUT2D eigenvalue weighted by Gasteiger charge is 2.36. The first-order valence-corrected chi connectivity index (χ1v) is 4.62. The number of hydrogen-bond donors (Lipinski definition) is 2. The van der Waals surface area contributed by atoms with Crippen LogP contribution in [0.25, 0.3) is 0 Å². The monoisotopic (exact) mass is 173 g/mol. The highest BCUT2D eigenvalue weighted by Crippen LogP contribution is 2.19. The molecule has 0 spiro atoms. The van der Waals surface area contributed by atoms with E-state index in [1.807, 2.05) is 6.92 Å². The molecular weight excluding hydrogens is 154 g/mol. The largest absolute Gasteiger partial charge is 0.389 e. The summed E-state index contributed by atoms with van der Waals surface area (Å²) in [5.41, 5.74) is 0. The van der Waals surface area contributed by atoms with Gasteiger partial charge in [0.25, 0.3) is 0 Å². The van der Waals surface area contributed by atoms with E-state index in [0.717, 1.165) is 6.54 Å². The molecule has 0 bridgehead atoms. The average molecular weight is 173 g/mol. The van der Waals surface area contributed by atoms with Crippen LogP contribution < -0.4 is 0 Å². The van der Waals surface area contributed by atoms with Crippen LogP contribution in [0.15, 0.2) is 0 Å². The zero-order valence-corrected chi connectivity index (χ0v) is 8.07. The zero-order valence-electron chi connectivity index (χ0n) is 8.07. The Labute approximate surface area is 74.0 Å². The Kier molecular flexibility index (Phi) is 3.09. The molecule has 0 aromatic heterocycles. The van der Waals surface area contributed by atoms with Gasteiger partial charge in [-0.3, -0.25) is 4.90 Å². The van der Waals surface area contributed by atoms with E-state index in [9.17, 15) is 10.2 Å². The molecule has 12 heavy (non-hydrogen) atoms. The van der Waals surface area contributed by atoms with Crippen LogP contribution in [0.4, 0.5) is 0 Å². The van der Waals surface area contributed by atoms with Crippen molar-refractivity contribution in [3.05, 3.63) is 0 Å². The summed E-state index contributed by atoms with van der Waals surface area (Å²) in [5.74, 6) is 0.588. The van der Waals surface area contributed by atoms with Crippen molar-refractivity contribution in [1.82, 2.24) is 4.90 Å². The van der Waals surface area contributed by atoms with Crippen molar-refractivity contribution in [2.75, 3.05) is 13.1 Å². The van der Waals surface area contributed by atoms with E-state index in [1.165, 1.54) is 0 Å². The molecule has 3 atom stereocenters. The summed E-state index contributed by atoms with van der Waals surface area (Å²) in [5, 5.41) is 18.8. The van der Waals surface area contributed by atoms with Gasteiger partial charge in [0.2, 0.25) is 0 Å². The maximum Gasteiger partial charge on any atom is 0.0963 e. The number of hydrogen-bond acceptors (Lipinski definition) is 3. The third-order valence-electron chi connectivity index (χ3n) is 2.49. The Hall–Kier alpha value is -0.120. The third-order valence-corrected chi connectivity index (χ3v) is 2.49. The van der Waals surface area contributed by atoms with E-state index in [1.54, 1.807) is 0 Å². The van der Waals surface area contributed by atoms with Gasteiger partial charge >= 0.3 is 0 Å². The van der Waals surface area contributed by atoms with Crippen LogP contribution in [0.5, 0.6) is 0 Å². The molecule has 0 aromatic rings. The minimum Gasteiger partial charge on any atom is -0.389 e. The average Bonchev–Trinajstić information content (AvgIpc) is 2.17. The maximum absolute atomic E-state index is 9.46. The highest BCUT2D eigenvalue weighted by atomic mass is 16.3. The third kappa shape index (κ3) is 1.97. The Balaban J connectivity index is 2.47. The summed E-state index contributed by atoms with van der Waals surface area (Å²) in [6, 6.07) is 0.0994. The molecule has 1 saturated heterocycles. The van der Waals surface area contributed by atoms with E-state index < -0.39 is 12.2 Å². The molecule has 1 fully saturated rings. The van der Waals surface area contributed by atoms with E-state index in [2.05, 4.69) is 18.7 Å². The maximum atomic E-state index is 9.46. The van der Waals surface area contributed by atoms with Gasteiger partial charge in [-0.15, -0.1) is 0 Å². The molecule has 0 aromatic carbocycles. The second kappa shape index (κ2) is 3.73. The standard InChI is InChI=1S/C9H19NO2/c1-6(2)4-10-5-8(11)9(12)7(10)3/h6-9,11-12H,4-5H2,1-3H3. The fraction of sp³-hybridized carbons (Fsp3) is 1.00. The molecule has 1 aliphatic rings. The van der Waals surface area contributed by atoms with Crippen LogP contribution in [0.1, 0.15) is 20.8 Å². The number of β-amino-alcohol motifs (C(OH)–C–C–N with tert-alkyl or cyclic N) is 1. The van der Waals surface area contributed by atoms with Crippen molar-refractivity contribution in [3.63, 3.8) is 0 Å². The summed E-state index contributed by atoms with van der Waals surface area (Å²) in [7, 11) is 0. The summed E-state index contributed by atoms with van der Waals surface area (Å²) in [4.78, 5) is 2.14. The molecule has 3 unspecified atom stereocenters. The van der Waals surface area contributed by atoms with Crippen LogP contribution in [-0.2, 0) is 0 Å². The van der Waals surface area contributed by atoms with Crippen molar-refractivity contribution in [2.24, 2.45) is 5.92 Å². The molecule has 0 aliphatic carbocycles. The van der Waals surface area contributed by atoms with E-state index >= 15 is 0 Å². The minimum absolute atomic E-state index is 0.0994. The predicted molar refractivity (Wildman–Crippen MR) is 47.9 cm³/mol. The fourth-order valence-electron chi connectivity index (χ4n) is 1.76. The quantitative estimate of drug-likeness (QED) is 0.621. The summed E-state index contributed by atoms with van der Waals surface area (Å²) in [6.45, 7) is 7.81. The molecule has 0 saturated carbocycles. The molecule has 0 amide bonds. The normalized spacial score (nSPS) is 38.0. The van der Waals surface area contributed by atoms with Crippen LogP contribution in [0.3, 0.4) is 0 Å². The van der Waals surface area contributed by atoms with Crippen molar-refractivity contribution < 1.29 is 10.2 Å². The molecule has 3 nitrogen and oxygen atoms in total. The number of rotatable bonds is 2. The second-order valence-corrected chi connectivity index (χ2v) is 4.15. The number of likely N-dealkylation sites (tertiary alicyclic amines) is 1. The van der Waals surface area contributed by atoms with E-state index in [-0.39, 0.29) is 6.04 Å². The molecule has 2 N–H and O–H groups in total. The molecular formula is C9H19NO2. The number of nitrogens with zero attached hydrogens (tertiary/aromatic N) is 1. The van der Waals surface area contributed by atoms with Gasteiger partial charge in [0.15, 0.2) is 0 Å². The summed E-state index contributed by atoms with van der Waals surface area (Å²) in [6.07, 6.45) is -1.12. The number of aliphatic hydroxyl groups excluding tert-OH is 2. The van der Waals surface area contributed by atoms with Gasteiger partial charge in [0, 0.05) is 19.1 Å². The topological polar surface area (TPSA) is 43.7 Å². The van der Waals surface area contributed by atoms with Crippen molar-refractivity contribution >= 4 is 0 Å². The molecule has 0 radical (unpaired) electrons. The van der Waals surface area contributed by atoms with Crippen LogP contribution in [-0.4, -0.2) is 46.5 Å².